The predicted octanol–water partition coefficient (Wildman–Crippen LogP) is 0.885. The molecule has 2 aliphatic rings. The monoisotopic (exact) mass is 269 g/mol. The van der Waals surface area contributed by atoms with Crippen molar-refractivity contribution in [3.63, 3.8) is 0 Å². The Morgan fingerprint density at radius 1 is 1.32 bits per heavy atom. The first kappa shape index (κ1) is 14.6. The fourth-order valence-electron chi connectivity index (χ4n) is 2.65. The zero-order valence-corrected chi connectivity index (χ0v) is 12.0. The van der Waals surface area contributed by atoms with E-state index in [1.54, 1.807) is 4.90 Å². The first-order valence-corrected chi connectivity index (χ1v) is 7.58. The normalized spacial score (nSPS) is 21.4. The lowest BCUT2D eigenvalue weighted by Gasteiger charge is -2.30. The van der Waals surface area contributed by atoms with E-state index in [-0.39, 0.29) is 12.6 Å². The maximum atomic E-state index is 12.0. The number of urea groups is 1. The summed E-state index contributed by atoms with van der Waals surface area (Å²) in [6.07, 6.45) is 4.70. The van der Waals surface area contributed by atoms with Crippen molar-refractivity contribution in [2.75, 3.05) is 39.3 Å². The fraction of sp³-hybridized carbons (Fsp3) is 0.929. The number of piperidine rings is 1. The van der Waals surface area contributed by atoms with Gasteiger partial charge in [-0.25, -0.2) is 4.79 Å². The van der Waals surface area contributed by atoms with Crippen LogP contribution in [0.2, 0.25) is 0 Å². The molecule has 1 aliphatic heterocycles. The second-order valence-electron chi connectivity index (χ2n) is 5.90. The van der Waals surface area contributed by atoms with Crippen molar-refractivity contribution in [3.05, 3.63) is 0 Å². The highest BCUT2D eigenvalue weighted by Crippen LogP contribution is 2.26. The Labute approximate surface area is 115 Å². The van der Waals surface area contributed by atoms with Gasteiger partial charge in [0.1, 0.15) is 0 Å². The number of aliphatic hydroxyl groups excluding tert-OH is 1. The van der Waals surface area contributed by atoms with Crippen molar-refractivity contribution < 1.29 is 9.90 Å². The molecule has 0 aromatic heterocycles. The Kier molecular flexibility index (Phi) is 5.45. The van der Waals surface area contributed by atoms with Crippen LogP contribution in [0.25, 0.3) is 0 Å². The fourth-order valence-corrected chi connectivity index (χ4v) is 2.65. The molecule has 5 nitrogen and oxygen atoms in total. The van der Waals surface area contributed by atoms with Crippen molar-refractivity contribution in [2.45, 2.75) is 38.6 Å². The van der Waals surface area contributed by atoms with E-state index in [9.17, 15) is 4.79 Å². The Bertz CT molecular complexity index is 286. The van der Waals surface area contributed by atoms with Crippen LogP contribution >= 0.6 is 0 Å². The molecule has 0 radical (unpaired) electrons. The average molecular weight is 269 g/mol. The number of nitrogens with one attached hydrogen (secondary N) is 1. The molecular formula is C14H27N3O2. The molecule has 0 atom stereocenters. The molecule has 1 heterocycles. The van der Waals surface area contributed by atoms with Gasteiger partial charge >= 0.3 is 6.03 Å². The maximum Gasteiger partial charge on any atom is 0.317 e. The quantitative estimate of drug-likeness (QED) is 0.753. The number of aliphatic hydroxyl groups is 1. The standard InChI is InChI=1S/C14H27N3O2/c1-12-4-7-16(8-5-12)9-6-15-14(19)17(10-11-18)13-2-3-13/h12-13,18H,2-11H2,1H3,(H,15,19). The third-order valence-corrected chi connectivity index (χ3v) is 4.17. The van der Waals surface area contributed by atoms with Gasteiger partial charge in [-0.3, -0.25) is 0 Å². The van der Waals surface area contributed by atoms with Crippen LogP contribution in [0.15, 0.2) is 0 Å². The van der Waals surface area contributed by atoms with E-state index in [0.29, 0.717) is 19.1 Å². The van der Waals surface area contributed by atoms with Gasteiger partial charge in [0.05, 0.1) is 6.61 Å². The van der Waals surface area contributed by atoms with Crippen molar-refractivity contribution in [1.29, 1.82) is 0 Å². The molecular weight excluding hydrogens is 242 g/mol. The largest absolute Gasteiger partial charge is 0.395 e. The first-order chi connectivity index (χ1) is 9.20. The summed E-state index contributed by atoms with van der Waals surface area (Å²) in [6, 6.07) is 0.352. The molecule has 0 unspecified atom stereocenters. The zero-order chi connectivity index (χ0) is 13.7. The molecule has 2 N–H and O–H groups in total. The minimum atomic E-state index is -0.0121. The van der Waals surface area contributed by atoms with Crippen molar-refractivity contribution in [1.82, 2.24) is 15.1 Å². The van der Waals surface area contributed by atoms with E-state index >= 15 is 0 Å². The van der Waals surface area contributed by atoms with Crippen LogP contribution in [-0.2, 0) is 0 Å². The number of carbonyl (C=O) groups excluding carboxylic acids is 1. The lowest BCUT2D eigenvalue weighted by molar-refractivity contribution is 0.167. The number of amides is 2. The Hall–Kier alpha value is -0.810. The Morgan fingerprint density at radius 3 is 2.58 bits per heavy atom. The van der Waals surface area contributed by atoms with Gasteiger partial charge in [-0.1, -0.05) is 6.92 Å². The zero-order valence-electron chi connectivity index (χ0n) is 12.0. The van der Waals surface area contributed by atoms with Gasteiger partial charge in [0.2, 0.25) is 0 Å². The number of hydrogen-bond acceptors (Lipinski definition) is 3. The molecule has 0 aromatic rings. The Morgan fingerprint density at radius 2 is 2.00 bits per heavy atom. The van der Waals surface area contributed by atoms with Crippen LogP contribution in [-0.4, -0.2) is 66.3 Å². The molecule has 2 amide bonds. The van der Waals surface area contributed by atoms with Crippen molar-refractivity contribution in [3.8, 4) is 0 Å². The summed E-state index contributed by atoms with van der Waals surface area (Å²) in [5, 5.41) is 12.0. The van der Waals surface area contributed by atoms with Crippen LogP contribution in [0.3, 0.4) is 0 Å². The molecule has 110 valence electrons. The number of rotatable bonds is 6. The van der Waals surface area contributed by atoms with Gasteiger partial charge in [0, 0.05) is 25.7 Å². The number of hydrogen-bond donors (Lipinski definition) is 2. The maximum absolute atomic E-state index is 12.0. The molecule has 1 saturated carbocycles. The minimum absolute atomic E-state index is 0.0121. The number of nitrogens with zero attached hydrogens (tertiary/aromatic N) is 2. The first-order valence-electron chi connectivity index (χ1n) is 7.58. The van der Waals surface area contributed by atoms with Crippen LogP contribution in [0.4, 0.5) is 4.79 Å². The number of likely N-dealkylation sites (tertiary alicyclic amines) is 1. The summed E-state index contributed by atoms with van der Waals surface area (Å²) >= 11 is 0. The highest BCUT2D eigenvalue weighted by molar-refractivity contribution is 5.74. The van der Waals surface area contributed by atoms with Gasteiger partial charge in [0.25, 0.3) is 0 Å². The summed E-state index contributed by atoms with van der Waals surface area (Å²) in [7, 11) is 0. The molecule has 0 spiro atoms. The highest BCUT2D eigenvalue weighted by atomic mass is 16.3. The van der Waals surface area contributed by atoms with Gasteiger partial charge in [0.15, 0.2) is 0 Å². The summed E-state index contributed by atoms with van der Waals surface area (Å²) in [6.45, 7) is 6.77. The third kappa shape index (κ3) is 4.66. The topological polar surface area (TPSA) is 55.8 Å². The second-order valence-corrected chi connectivity index (χ2v) is 5.90. The van der Waals surface area contributed by atoms with E-state index in [4.69, 9.17) is 5.11 Å². The summed E-state index contributed by atoms with van der Waals surface area (Å²) in [4.78, 5) is 16.2. The smallest absolute Gasteiger partial charge is 0.317 e. The summed E-state index contributed by atoms with van der Waals surface area (Å²) in [5.41, 5.74) is 0. The van der Waals surface area contributed by atoms with Crippen molar-refractivity contribution >= 4 is 6.03 Å². The van der Waals surface area contributed by atoms with E-state index < -0.39 is 0 Å². The van der Waals surface area contributed by atoms with Gasteiger partial charge in [-0.2, -0.15) is 0 Å². The van der Waals surface area contributed by atoms with Gasteiger partial charge in [-0.05, 0) is 44.7 Å². The minimum Gasteiger partial charge on any atom is -0.395 e. The third-order valence-electron chi connectivity index (χ3n) is 4.17. The second kappa shape index (κ2) is 7.10. The summed E-state index contributed by atoms with van der Waals surface area (Å²) < 4.78 is 0. The van der Waals surface area contributed by atoms with E-state index in [0.717, 1.165) is 38.4 Å². The molecule has 1 saturated heterocycles. The van der Waals surface area contributed by atoms with Crippen molar-refractivity contribution in [2.24, 2.45) is 5.92 Å². The number of carbonyl (C=O) groups is 1. The van der Waals surface area contributed by atoms with E-state index in [2.05, 4.69) is 17.1 Å². The summed E-state index contributed by atoms with van der Waals surface area (Å²) in [5.74, 6) is 0.848. The lowest BCUT2D eigenvalue weighted by Crippen LogP contribution is -2.46. The lowest BCUT2D eigenvalue weighted by atomic mass is 9.99. The molecule has 1 aliphatic carbocycles. The van der Waals surface area contributed by atoms with Gasteiger partial charge in [-0.15, -0.1) is 0 Å². The SMILES string of the molecule is CC1CCN(CCNC(=O)N(CCO)C2CC2)CC1. The molecule has 0 bridgehead atoms. The highest BCUT2D eigenvalue weighted by Gasteiger charge is 2.31. The molecule has 0 aromatic carbocycles. The predicted molar refractivity (Wildman–Crippen MR) is 75.1 cm³/mol. The van der Waals surface area contributed by atoms with E-state index in [1.807, 2.05) is 0 Å². The molecule has 2 fully saturated rings. The van der Waals surface area contributed by atoms with E-state index in [1.165, 1.54) is 12.8 Å². The van der Waals surface area contributed by atoms with Gasteiger partial charge < -0.3 is 20.2 Å². The molecule has 2 rings (SSSR count). The molecule has 19 heavy (non-hydrogen) atoms. The average Bonchev–Trinajstić information content (AvgIpc) is 3.22. The molecule has 5 heteroatoms. The van der Waals surface area contributed by atoms with Crippen LogP contribution in [0, 0.1) is 5.92 Å². The van der Waals surface area contributed by atoms with Crippen LogP contribution in [0.5, 0.6) is 0 Å². The Balaban J connectivity index is 1.62. The van der Waals surface area contributed by atoms with Crippen LogP contribution in [0.1, 0.15) is 32.6 Å². The van der Waals surface area contributed by atoms with Crippen LogP contribution < -0.4 is 5.32 Å².